The number of aromatic carboxylic acids is 1. The van der Waals surface area contributed by atoms with E-state index in [-0.39, 0.29) is 23.7 Å². The number of carboxylic acid groups (broad SMARTS) is 1. The standard InChI is InChI=1S/C18H23NO5/c1-12-6-8-23-16(12)10-17(20)19-7-5-15(11-19)24-14-4-2-3-13(9-14)18(21)22/h2-4,9,12,15-16H,5-8,10-11H2,1H3,(H,21,22). The van der Waals surface area contributed by atoms with Crippen molar-refractivity contribution in [3.8, 4) is 5.75 Å². The maximum Gasteiger partial charge on any atom is 0.335 e. The first-order valence-corrected chi connectivity index (χ1v) is 8.42. The quantitative estimate of drug-likeness (QED) is 0.894. The maximum absolute atomic E-state index is 12.4. The molecule has 3 atom stereocenters. The fraction of sp³-hybridized carbons (Fsp3) is 0.556. The van der Waals surface area contributed by atoms with E-state index in [0.717, 1.165) is 19.4 Å². The van der Waals surface area contributed by atoms with Gasteiger partial charge in [0.2, 0.25) is 5.91 Å². The highest BCUT2D eigenvalue weighted by Crippen LogP contribution is 2.25. The molecule has 2 aliphatic rings. The third kappa shape index (κ3) is 3.87. The first-order valence-electron chi connectivity index (χ1n) is 8.42. The van der Waals surface area contributed by atoms with E-state index in [1.807, 2.05) is 4.90 Å². The molecule has 3 unspecified atom stereocenters. The molecule has 6 nitrogen and oxygen atoms in total. The Labute approximate surface area is 141 Å². The van der Waals surface area contributed by atoms with Crippen molar-refractivity contribution in [1.82, 2.24) is 4.90 Å². The second-order valence-electron chi connectivity index (χ2n) is 6.58. The molecule has 6 heteroatoms. The summed E-state index contributed by atoms with van der Waals surface area (Å²) in [5.41, 5.74) is 0.200. The van der Waals surface area contributed by atoms with Crippen molar-refractivity contribution in [3.63, 3.8) is 0 Å². The van der Waals surface area contributed by atoms with Gasteiger partial charge in [-0.15, -0.1) is 0 Å². The average molecular weight is 333 g/mol. The molecule has 0 radical (unpaired) electrons. The molecule has 0 bridgehead atoms. The Kier molecular flexibility index (Phi) is 5.04. The minimum absolute atomic E-state index is 0.0321. The van der Waals surface area contributed by atoms with Crippen molar-refractivity contribution in [2.24, 2.45) is 5.92 Å². The predicted molar refractivity (Wildman–Crippen MR) is 87.2 cm³/mol. The molecular weight excluding hydrogens is 310 g/mol. The SMILES string of the molecule is CC1CCOC1CC(=O)N1CCC(Oc2cccc(C(=O)O)c2)C1. The van der Waals surface area contributed by atoms with Crippen LogP contribution in [0.2, 0.25) is 0 Å². The van der Waals surface area contributed by atoms with Gasteiger partial charge in [0.1, 0.15) is 11.9 Å². The van der Waals surface area contributed by atoms with Crippen LogP contribution >= 0.6 is 0 Å². The molecule has 0 spiro atoms. The molecule has 130 valence electrons. The number of hydrogen-bond donors (Lipinski definition) is 1. The van der Waals surface area contributed by atoms with Crippen molar-refractivity contribution >= 4 is 11.9 Å². The Balaban J connectivity index is 1.52. The van der Waals surface area contributed by atoms with Gasteiger partial charge in [0.05, 0.1) is 24.6 Å². The predicted octanol–water partition coefficient (Wildman–Crippen LogP) is 2.18. The summed E-state index contributed by atoms with van der Waals surface area (Å²) < 4.78 is 11.5. The molecule has 1 amide bonds. The van der Waals surface area contributed by atoms with Gasteiger partial charge in [-0.25, -0.2) is 4.79 Å². The van der Waals surface area contributed by atoms with E-state index >= 15 is 0 Å². The second kappa shape index (κ2) is 7.21. The van der Waals surface area contributed by atoms with Crippen molar-refractivity contribution in [2.75, 3.05) is 19.7 Å². The highest BCUT2D eigenvalue weighted by Gasteiger charge is 2.32. The number of hydrogen-bond acceptors (Lipinski definition) is 4. The Morgan fingerprint density at radius 3 is 2.92 bits per heavy atom. The maximum atomic E-state index is 12.4. The summed E-state index contributed by atoms with van der Waals surface area (Å²) in [6, 6.07) is 6.45. The minimum Gasteiger partial charge on any atom is -0.488 e. The van der Waals surface area contributed by atoms with E-state index in [1.54, 1.807) is 12.1 Å². The largest absolute Gasteiger partial charge is 0.488 e. The number of likely N-dealkylation sites (tertiary alicyclic amines) is 1. The third-order valence-corrected chi connectivity index (χ3v) is 4.80. The number of amides is 1. The second-order valence-corrected chi connectivity index (χ2v) is 6.58. The van der Waals surface area contributed by atoms with E-state index in [4.69, 9.17) is 14.6 Å². The van der Waals surface area contributed by atoms with Gasteiger partial charge in [-0.2, -0.15) is 0 Å². The normalized spacial score (nSPS) is 26.5. The lowest BCUT2D eigenvalue weighted by Crippen LogP contribution is -2.34. The Hall–Kier alpha value is -2.08. The molecule has 1 aromatic carbocycles. The summed E-state index contributed by atoms with van der Waals surface area (Å²) in [7, 11) is 0. The lowest BCUT2D eigenvalue weighted by molar-refractivity contribution is -0.133. The lowest BCUT2D eigenvalue weighted by Gasteiger charge is -2.20. The molecule has 0 aliphatic carbocycles. The van der Waals surface area contributed by atoms with Gasteiger partial charge in [-0.05, 0) is 30.5 Å². The van der Waals surface area contributed by atoms with Crippen LogP contribution in [-0.4, -0.2) is 53.8 Å². The zero-order valence-corrected chi connectivity index (χ0v) is 13.8. The smallest absolute Gasteiger partial charge is 0.335 e. The summed E-state index contributed by atoms with van der Waals surface area (Å²) >= 11 is 0. The highest BCUT2D eigenvalue weighted by atomic mass is 16.5. The molecule has 0 saturated carbocycles. The van der Waals surface area contributed by atoms with E-state index in [9.17, 15) is 9.59 Å². The highest BCUT2D eigenvalue weighted by molar-refractivity contribution is 5.88. The topological polar surface area (TPSA) is 76.1 Å². The van der Waals surface area contributed by atoms with Crippen LogP contribution < -0.4 is 4.74 Å². The molecule has 2 aliphatic heterocycles. The van der Waals surface area contributed by atoms with Crippen LogP contribution in [0.5, 0.6) is 5.75 Å². The van der Waals surface area contributed by atoms with E-state index in [0.29, 0.717) is 31.2 Å². The number of ether oxygens (including phenoxy) is 2. The van der Waals surface area contributed by atoms with Crippen molar-refractivity contribution in [3.05, 3.63) is 29.8 Å². The number of nitrogens with zero attached hydrogens (tertiary/aromatic N) is 1. The van der Waals surface area contributed by atoms with Gasteiger partial charge in [-0.1, -0.05) is 13.0 Å². The van der Waals surface area contributed by atoms with Gasteiger partial charge < -0.3 is 19.5 Å². The molecular formula is C18H23NO5. The average Bonchev–Trinajstić information content (AvgIpc) is 3.17. The first-order chi connectivity index (χ1) is 11.5. The summed E-state index contributed by atoms with van der Waals surface area (Å²) in [6.07, 6.45) is 2.14. The van der Waals surface area contributed by atoms with Crippen LogP contribution in [0.25, 0.3) is 0 Å². The zero-order valence-electron chi connectivity index (χ0n) is 13.8. The van der Waals surface area contributed by atoms with Crippen LogP contribution in [0.4, 0.5) is 0 Å². The fourth-order valence-corrected chi connectivity index (χ4v) is 3.26. The summed E-state index contributed by atoms with van der Waals surface area (Å²) in [6.45, 7) is 4.07. The van der Waals surface area contributed by atoms with Gasteiger partial charge in [0, 0.05) is 19.6 Å². The van der Waals surface area contributed by atoms with Crippen molar-refractivity contribution < 1.29 is 24.2 Å². The Morgan fingerprint density at radius 1 is 1.38 bits per heavy atom. The van der Waals surface area contributed by atoms with E-state index in [1.165, 1.54) is 12.1 Å². The van der Waals surface area contributed by atoms with Crippen LogP contribution in [0, 0.1) is 5.92 Å². The summed E-state index contributed by atoms with van der Waals surface area (Å²) in [5.74, 6) is 0.0952. The summed E-state index contributed by atoms with van der Waals surface area (Å²) in [4.78, 5) is 25.2. The lowest BCUT2D eigenvalue weighted by atomic mass is 10.0. The van der Waals surface area contributed by atoms with Gasteiger partial charge >= 0.3 is 5.97 Å². The summed E-state index contributed by atoms with van der Waals surface area (Å²) in [5, 5.41) is 9.02. The van der Waals surface area contributed by atoms with Crippen molar-refractivity contribution in [2.45, 2.75) is 38.4 Å². The van der Waals surface area contributed by atoms with Crippen LogP contribution in [0.15, 0.2) is 24.3 Å². The van der Waals surface area contributed by atoms with E-state index < -0.39 is 5.97 Å². The molecule has 1 N–H and O–H groups in total. The number of benzene rings is 1. The molecule has 2 heterocycles. The first kappa shape index (κ1) is 16.8. The van der Waals surface area contributed by atoms with Gasteiger partial charge in [-0.3, -0.25) is 4.79 Å². The van der Waals surface area contributed by atoms with Gasteiger partial charge in [0.25, 0.3) is 0 Å². The molecule has 3 rings (SSSR count). The fourth-order valence-electron chi connectivity index (χ4n) is 3.26. The van der Waals surface area contributed by atoms with E-state index in [2.05, 4.69) is 6.92 Å². The van der Waals surface area contributed by atoms with Crippen LogP contribution in [-0.2, 0) is 9.53 Å². The number of carbonyl (C=O) groups is 2. The van der Waals surface area contributed by atoms with Crippen molar-refractivity contribution in [1.29, 1.82) is 0 Å². The number of carboxylic acids is 1. The monoisotopic (exact) mass is 333 g/mol. The number of carbonyl (C=O) groups excluding carboxylic acids is 1. The number of rotatable bonds is 5. The molecule has 2 fully saturated rings. The third-order valence-electron chi connectivity index (χ3n) is 4.80. The Bertz CT molecular complexity index is 617. The molecule has 0 aromatic heterocycles. The zero-order chi connectivity index (χ0) is 17.1. The van der Waals surface area contributed by atoms with Crippen LogP contribution in [0.1, 0.15) is 36.5 Å². The Morgan fingerprint density at radius 2 is 2.21 bits per heavy atom. The molecule has 2 saturated heterocycles. The molecule has 24 heavy (non-hydrogen) atoms. The molecule has 1 aromatic rings. The van der Waals surface area contributed by atoms with Crippen LogP contribution in [0.3, 0.4) is 0 Å². The minimum atomic E-state index is -0.977. The van der Waals surface area contributed by atoms with Gasteiger partial charge in [0.15, 0.2) is 0 Å².